The van der Waals surface area contributed by atoms with Gasteiger partial charge < -0.3 is 5.11 Å². The monoisotopic (exact) mass is 271 g/mol. The average molecular weight is 271 g/mol. The third-order valence-electron chi connectivity index (χ3n) is 3.84. The van der Waals surface area contributed by atoms with Crippen molar-refractivity contribution < 1.29 is 5.11 Å². The van der Waals surface area contributed by atoms with Crippen molar-refractivity contribution in [2.45, 2.75) is 32.0 Å². The Bertz CT molecular complexity index is 530. The van der Waals surface area contributed by atoms with Crippen LogP contribution in [-0.4, -0.2) is 39.0 Å². The van der Waals surface area contributed by atoms with Crippen LogP contribution in [0.4, 0.5) is 0 Å². The number of hydrogen-bond acceptors (Lipinski definition) is 3. The minimum atomic E-state index is -0.105. The van der Waals surface area contributed by atoms with Crippen molar-refractivity contribution in [1.29, 1.82) is 0 Å². The van der Waals surface area contributed by atoms with Crippen LogP contribution in [0.1, 0.15) is 24.0 Å². The van der Waals surface area contributed by atoms with Crippen LogP contribution in [0.2, 0.25) is 0 Å². The van der Waals surface area contributed by atoms with Gasteiger partial charge in [-0.25, -0.2) is 0 Å². The van der Waals surface area contributed by atoms with Gasteiger partial charge in [-0.05, 0) is 18.4 Å². The van der Waals surface area contributed by atoms with Crippen LogP contribution in [0.3, 0.4) is 0 Å². The molecule has 0 unspecified atom stereocenters. The van der Waals surface area contributed by atoms with E-state index in [4.69, 9.17) is 0 Å². The van der Waals surface area contributed by atoms with Gasteiger partial charge in [-0.3, -0.25) is 9.58 Å². The molecule has 0 amide bonds. The maximum Gasteiger partial charge on any atom is 0.0659 e. The number of aromatic nitrogens is 2. The summed E-state index contributed by atoms with van der Waals surface area (Å²) in [6.45, 7) is 3.71. The van der Waals surface area contributed by atoms with Gasteiger partial charge in [-0.15, -0.1) is 0 Å². The first kappa shape index (κ1) is 13.3. The summed E-state index contributed by atoms with van der Waals surface area (Å²) in [6.07, 6.45) is 5.74. The first-order valence-electron chi connectivity index (χ1n) is 7.25. The zero-order chi connectivity index (χ0) is 13.8. The highest BCUT2D eigenvalue weighted by molar-refractivity contribution is 5.15. The number of likely N-dealkylation sites (tertiary alicyclic amines) is 1. The van der Waals surface area contributed by atoms with E-state index in [2.05, 4.69) is 40.5 Å². The van der Waals surface area contributed by atoms with Gasteiger partial charge in [-0.1, -0.05) is 30.3 Å². The number of aliphatic hydroxyl groups excluding tert-OH is 1. The van der Waals surface area contributed by atoms with Crippen LogP contribution < -0.4 is 0 Å². The van der Waals surface area contributed by atoms with Crippen molar-refractivity contribution in [1.82, 2.24) is 14.7 Å². The summed E-state index contributed by atoms with van der Waals surface area (Å²) in [5.74, 6) is 0. The normalized spacial score (nSPS) is 17.4. The second-order valence-corrected chi connectivity index (χ2v) is 5.54. The molecular weight excluding hydrogens is 250 g/mol. The summed E-state index contributed by atoms with van der Waals surface area (Å²) in [4.78, 5) is 2.39. The molecule has 1 aromatic heterocycles. The molecule has 1 fully saturated rings. The molecule has 1 aliphatic heterocycles. The fourth-order valence-electron chi connectivity index (χ4n) is 2.68. The van der Waals surface area contributed by atoms with Gasteiger partial charge in [0.2, 0.25) is 0 Å². The topological polar surface area (TPSA) is 41.3 Å². The highest BCUT2D eigenvalue weighted by Crippen LogP contribution is 2.13. The minimum Gasteiger partial charge on any atom is -0.393 e. The molecule has 0 bridgehead atoms. The van der Waals surface area contributed by atoms with Crippen molar-refractivity contribution in [3.63, 3.8) is 0 Å². The molecule has 4 nitrogen and oxygen atoms in total. The minimum absolute atomic E-state index is 0.105. The SMILES string of the molecule is OC1CCN(Cc2cnn(Cc3ccccc3)c2)CC1. The number of aliphatic hydroxyl groups is 1. The van der Waals surface area contributed by atoms with Crippen LogP contribution in [0.5, 0.6) is 0 Å². The molecule has 0 spiro atoms. The molecule has 0 aliphatic carbocycles. The van der Waals surface area contributed by atoms with Crippen molar-refractivity contribution in [2.24, 2.45) is 0 Å². The molecule has 106 valence electrons. The van der Waals surface area contributed by atoms with E-state index < -0.39 is 0 Å². The highest BCUT2D eigenvalue weighted by atomic mass is 16.3. The Labute approximate surface area is 119 Å². The highest BCUT2D eigenvalue weighted by Gasteiger charge is 2.17. The first-order valence-corrected chi connectivity index (χ1v) is 7.25. The number of rotatable bonds is 4. The smallest absolute Gasteiger partial charge is 0.0659 e. The molecule has 0 saturated carbocycles. The molecule has 3 rings (SSSR count). The van der Waals surface area contributed by atoms with Crippen LogP contribution in [0, 0.1) is 0 Å². The molecular formula is C16H21N3O. The van der Waals surface area contributed by atoms with Crippen molar-refractivity contribution in [2.75, 3.05) is 13.1 Å². The molecule has 0 radical (unpaired) electrons. The second kappa shape index (κ2) is 6.20. The lowest BCUT2D eigenvalue weighted by molar-refractivity contribution is 0.0792. The second-order valence-electron chi connectivity index (χ2n) is 5.54. The fourth-order valence-corrected chi connectivity index (χ4v) is 2.68. The van der Waals surface area contributed by atoms with Crippen molar-refractivity contribution >= 4 is 0 Å². The largest absolute Gasteiger partial charge is 0.393 e. The molecule has 1 saturated heterocycles. The van der Waals surface area contributed by atoms with Gasteiger partial charge in [0, 0.05) is 31.4 Å². The molecule has 2 aromatic rings. The van der Waals surface area contributed by atoms with Crippen LogP contribution in [0.25, 0.3) is 0 Å². The Morgan fingerprint density at radius 2 is 1.80 bits per heavy atom. The zero-order valence-corrected chi connectivity index (χ0v) is 11.7. The lowest BCUT2D eigenvalue weighted by atomic mass is 10.1. The number of hydrogen-bond donors (Lipinski definition) is 1. The fraction of sp³-hybridized carbons (Fsp3) is 0.438. The van der Waals surface area contributed by atoms with Gasteiger partial charge in [-0.2, -0.15) is 5.10 Å². The summed E-state index contributed by atoms with van der Waals surface area (Å²) in [7, 11) is 0. The average Bonchev–Trinajstić information content (AvgIpc) is 2.90. The van der Waals surface area contributed by atoms with Crippen LogP contribution in [0.15, 0.2) is 42.7 Å². The molecule has 1 aliphatic rings. The summed E-state index contributed by atoms with van der Waals surface area (Å²) >= 11 is 0. The Balaban J connectivity index is 1.57. The van der Waals surface area contributed by atoms with Crippen LogP contribution in [-0.2, 0) is 13.1 Å². The van der Waals surface area contributed by atoms with E-state index in [1.807, 2.05) is 16.9 Å². The third kappa shape index (κ3) is 3.46. The third-order valence-corrected chi connectivity index (χ3v) is 3.84. The van der Waals surface area contributed by atoms with Crippen molar-refractivity contribution in [3.05, 3.63) is 53.9 Å². The lowest BCUT2D eigenvalue weighted by Crippen LogP contribution is -2.35. The van der Waals surface area contributed by atoms with Gasteiger partial charge in [0.1, 0.15) is 0 Å². The van der Waals surface area contributed by atoms with E-state index in [1.165, 1.54) is 11.1 Å². The Kier molecular flexibility index (Phi) is 4.14. The van der Waals surface area contributed by atoms with Gasteiger partial charge in [0.15, 0.2) is 0 Å². The first-order chi connectivity index (χ1) is 9.79. The van der Waals surface area contributed by atoms with E-state index in [1.54, 1.807) is 0 Å². The molecule has 1 aromatic carbocycles. The Morgan fingerprint density at radius 1 is 1.05 bits per heavy atom. The van der Waals surface area contributed by atoms with E-state index in [0.29, 0.717) is 0 Å². The van der Waals surface area contributed by atoms with E-state index >= 15 is 0 Å². The molecule has 1 N–H and O–H groups in total. The van der Waals surface area contributed by atoms with Crippen LogP contribution >= 0.6 is 0 Å². The zero-order valence-electron chi connectivity index (χ0n) is 11.7. The van der Waals surface area contributed by atoms with E-state index in [-0.39, 0.29) is 6.10 Å². The summed E-state index contributed by atoms with van der Waals surface area (Å²) in [6, 6.07) is 10.4. The number of benzene rings is 1. The summed E-state index contributed by atoms with van der Waals surface area (Å²) in [5.41, 5.74) is 2.51. The molecule has 2 heterocycles. The Hall–Kier alpha value is -1.65. The summed E-state index contributed by atoms with van der Waals surface area (Å²) < 4.78 is 1.99. The predicted molar refractivity (Wildman–Crippen MR) is 78.3 cm³/mol. The van der Waals surface area contributed by atoms with E-state index in [0.717, 1.165) is 39.0 Å². The summed E-state index contributed by atoms with van der Waals surface area (Å²) in [5, 5.41) is 14.0. The quantitative estimate of drug-likeness (QED) is 0.923. The van der Waals surface area contributed by atoms with Gasteiger partial charge in [0.05, 0.1) is 18.8 Å². The lowest BCUT2D eigenvalue weighted by Gasteiger charge is -2.28. The Morgan fingerprint density at radius 3 is 2.55 bits per heavy atom. The molecule has 0 atom stereocenters. The standard InChI is InChI=1S/C16H21N3O/c20-16-6-8-18(9-7-16)11-15-10-17-19(13-15)12-14-4-2-1-3-5-14/h1-5,10,13,16,20H,6-9,11-12H2. The predicted octanol–water partition coefficient (Wildman–Crippen LogP) is 1.89. The van der Waals surface area contributed by atoms with Gasteiger partial charge >= 0.3 is 0 Å². The number of piperidine rings is 1. The van der Waals surface area contributed by atoms with Gasteiger partial charge in [0.25, 0.3) is 0 Å². The number of nitrogens with zero attached hydrogens (tertiary/aromatic N) is 3. The molecule has 4 heteroatoms. The van der Waals surface area contributed by atoms with Crippen molar-refractivity contribution in [3.8, 4) is 0 Å². The van der Waals surface area contributed by atoms with E-state index in [9.17, 15) is 5.11 Å². The maximum absolute atomic E-state index is 9.52. The maximum atomic E-state index is 9.52. The molecule has 20 heavy (non-hydrogen) atoms.